The molecule has 1 fully saturated rings. The first kappa shape index (κ1) is 12.8. The van der Waals surface area contributed by atoms with Crippen molar-refractivity contribution >= 4 is 11.4 Å². The molecular weight excluding hydrogens is 220 g/mol. The average molecular weight is 240 g/mol. The molecule has 1 saturated carbocycles. The van der Waals surface area contributed by atoms with Gasteiger partial charge in [0.25, 0.3) is 0 Å². The van der Waals surface area contributed by atoms with E-state index in [1.165, 1.54) is 0 Å². The Labute approximate surface area is 109 Å². The molecule has 2 rings (SSSR count). The van der Waals surface area contributed by atoms with Crippen molar-refractivity contribution in [2.75, 3.05) is 0 Å². The number of carbonyl (C=O) groups is 1. The van der Waals surface area contributed by atoms with Crippen LogP contribution in [0.2, 0.25) is 0 Å². The van der Waals surface area contributed by atoms with Crippen LogP contribution in [0.25, 0.3) is 5.57 Å². The van der Waals surface area contributed by atoms with Crippen LogP contribution >= 0.6 is 0 Å². The Kier molecular flexibility index (Phi) is 3.81. The van der Waals surface area contributed by atoms with Crippen LogP contribution in [0.4, 0.5) is 0 Å². The van der Waals surface area contributed by atoms with E-state index in [9.17, 15) is 4.79 Å². The van der Waals surface area contributed by atoms with Crippen LogP contribution in [0.1, 0.15) is 37.7 Å². The van der Waals surface area contributed by atoms with E-state index in [1.54, 1.807) is 0 Å². The molecule has 0 heterocycles. The van der Waals surface area contributed by atoms with E-state index in [1.807, 2.05) is 36.4 Å². The van der Waals surface area contributed by atoms with E-state index < -0.39 is 5.41 Å². The van der Waals surface area contributed by atoms with Gasteiger partial charge >= 0.3 is 0 Å². The summed E-state index contributed by atoms with van der Waals surface area (Å²) >= 11 is 0. The van der Waals surface area contributed by atoms with Crippen LogP contribution in [0, 0.1) is 5.41 Å². The molecule has 1 atom stereocenters. The van der Waals surface area contributed by atoms with Crippen LogP contribution in [0.5, 0.6) is 0 Å². The van der Waals surface area contributed by atoms with Crippen LogP contribution in [0.3, 0.4) is 0 Å². The highest BCUT2D eigenvalue weighted by Gasteiger charge is 2.41. The quantitative estimate of drug-likeness (QED) is 0.713. The molecule has 0 N–H and O–H groups in total. The van der Waals surface area contributed by atoms with Crippen LogP contribution in [-0.4, -0.2) is 5.78 Å². The van der Waals surface area contributed by atoms with Crippen molar-refractivity contribution in [1.29, 1.82) is 0 Å². The summed E-state index contributed by atoms with van der Waals surface area (Å²) in [6.45, 7) is 8.04. The molecular formula is C17H20O. The molecule has 1 aliphatic carbocycles. The predicted molar refractivity (Wildman–Crippen MR) is 76.2 cm³/mol. The highest BCUT2D eigenvalue weighted by atomic mass is 16.1. The number of Topliss-reactive ketones (excluding diaryl/α,β-unsaturated/α-hetero) is 1. The topological polar surface area (TPSA) is 17.1 Å². The lowest BCUT2D eigenvalue weighted by molar-refractivity contribution is -0.127. The molecule has 0 aromatic heterocycles. The van der Waals surface area contributed by atoms with E-state index in [-0.39, 0.29) is 0 Å². The van der Waals surface area contributed by atoms with Gasteiger partial charge in [-0.1, -0.05) is 49.4 Å². The third-order valence-corrected chi connectivity index (χ3v) is 3.98. The number of benzene rings is 1. The maximum absolute atomic E-state index is 12.4. The van der Waals surface area contributed by atoms with Crippen molar-refractivity contribution in [3.05, 3.63) is 55.1 Å². The fourth-order valence-corrected chi connectivity index (χ4v) is 2.91. The molecule has 0 bridgehead atoms. The molecule has 0 radical (unpaired) electrons. The number of ketones is 1. The molecule has 0 unspecified atom stereocenters. The Morgan fingerprint density at radius 1 is 1.28 bits per heavy atom. The Balaban J connectivity index is 2.38. The highest BCUT2D eigenvalue weighted by molar-refractivity contribution is 5.98. The van der Waals surface area contributed by atoms with Crippen LogP contribution in [-0.2, 0) is 4.79 Å². The molecule has 0 amide bonds. The number of carbonyl (C=O) groups excluding carboxylic acids is 1. The van der Waals surface area contributed by atoms with Gasteiger partial charge in [0.15, 0.2) is 0 Å². The van der Waals surface area contributed by atoms with E-state index in [0.717, 1.165) is 30.4 Å². The fraction of sp³-hybridized carbons (Fsp3) is 0.353. The van der Waals surface area contributed by atoms with Crippen molar-refractivity contribution in [2.24, 2.45) is 5.41 Å². The third-order valence-electron chi connectivity index (χ3n) is 3.98. The van der Waals surface area contributed by atoms with Gasteiger partial charge in [0.2, 0.25) is 0 Å². The Bertz CT molecular complexity index is 458. The normalized spacial score (nSPS) is 23.7. The lowest BCUT2D eigenvalue weighted by Crippen LogP contribution is -2.34. The van der Waals surface area contributed by atoms with Crippen molar-refractivity contribution < 1.29 is 4.79 Å². The maximum atomic E-state index is 12.4. The SMILES string of the molecule is C=CC[C@]1(C(=C)c2ccccc2)CCCCC1=O. The average Bonchev–Trinajstić information content (AvgIpc) is 2.42. The van der Waals surface area contributed by atoms with Crippen molar-refractivity contribution in [3.8, 4) is 0 Å². The summed E-state index contributed by atoms with van der Waals surface area (Å²) in [5, 5.41) is 0. The Morgan fingerprint density at radius 3 is 2.61 bits per heavy atom. The minimum Gasteiger partial charge on any atom is -0.299 e. The fourth-order valence-electron chi connectivity index (χ4n) is 2.91. The van der Waals surface area contributed by atoms with Crippen LogP contribution in [0.15, 0.2) is 49.6 Å². The predicted octanol–water partition coefficient (Wildman–Crippen LogP) is 4.41. The summed E-state index contributed by atoms with van der Waals surface area (Å²) in [4.78, 5) is 12.4. The number of rotatable bonds is 4. The minimum absolute atomic E-state index is 0.336. The molecule has 1 aromatic carbocycles. The van der Waals surface area contributed by atoms with E-state index in [4.69, 9.17) is 0 Å². The minimum atomic E-state index is -0.401. The molecule has 0 spiro atoms. The summed E-state index contributed by atoms with van der Waals surface area (Å²) < 4.78 is 0. The summed E-state index contributed by atoms with van der Waals surface area (Å²) in [5.74, 6) is 0.336. The lowest BCUT2D eigenvalue weighted by atomic mass is 9.65. The first-order valence-electron chi connectivity index (χ1n) is 6.60. The summed E-state index contributed by atoms with van der Waals surface area (Å²) in [6, 6.07) is 10.1. The van der Waals surface area contributed by atoms with Crippen molar-refractivity contribution in [2.45, 2.75) is 32.1 Å². The first-order valence-corrected chi connectivity index (χ1v) is 6.60. The smallest absolute Gasteiger partial charge is 0.143 e. The van der Waals surface area contributed by atoms with E-state index in [0.29, 0.717) is 18.6 Å². The molecule has 0 aliphatic heterocycles. The van der Waals surface area contributed by atoms with Gasteiger partial charge in [-0.2, -0.15) is 0 Å². The van der Waals surface area contributed by atoms with E-state index in [2.05, 4.69) is 13.2 Å². The van der Waals surface area contributed by atoms with Gasteiger partial charge in [0.1, 0.15) is 5.78 Å². The van der Waals surface area contributed by atoms with Gasteiger partial charge < -0.3 is 0 Å². The molecule has 1 nitrogen and oxygen atoms in total. The molecule has 18 heavy (non-hydrogen) atoms. The van der Waals surface area contributed by atoms with Gasteiger partial charge in [-0.3, -0.25) is 4.79 Å². The molecule has 94 valence electrons. The summed E-state index contributed by atoms with van der Waals surface area (Å²) in [5.41, 5.74) is 1.64. The van der Waals surface area contributed by atoms with Gasteiger partial charge in [-0.25, -0.2) is 0 Å². The lowest BCUT2D eigenvalue weighted by Gasteiger charge is -2.37. The number of hydrogen-bond acceptors (Lipinski definition) is 1. The number of allylic oxidation sites excluding steroid dienone is 2. The van der Waals surface area contributed by atoms with Crippen LogP contribution < -0.4 is 0 Å². The highest BCUT2D eigenvalue weighted by Crippen LogP contribution is 2.46. The molecule has 1 aliphatic rings. The molecule has 0 saturated heterocycles. The number of hydrogen-bond donors (Lipinski definition) is 0. The van der Waals surface area contributed by atoms with Gasteiger partial charge in [-0.05, 0) is 30.4 Å². The van der Waals surface area contributed by atoms with E-state index >= 15 is 0 Å². The van der Waals surface area contributed by atoms with Gasteiger partial charge in [-0.15, -0.1) is 6.58 Å². The second-order valence-electron chi connectivity index (χ2n) is 5.05. The van der Waals surface area contributed by atoms with Gasteiger partial charge in [0.05, 0.1) is 5.41 Å². The third kappa shape index (κ3) is 2.17. The zero-order valence-corrected chi connectivity index (χ0v) is 10.8. The molecule has 1 heteroatoms. The second kappa shape index (κ2) is 5.34. The van der Waals surface area contributed by atoms with Crippen molar-refractivity contribution in [3.63, 3.8) is 0 Å². The standard InChI is InChI=1S/C17H20O/c1-3-12-17(13-8-7-11-16(17)18)14(2)15-9-5-4-6-10-15/h3-6,9-10H,1-2,7-8,11-13H2/t17-/m1/s1. The monoisotopic (exact) mass is 240 g/mol. The zero-order valence-electron chi connectivity index (χ0n) is 10.8. The largest absolute Gasteiger partial charge is 0.299 e. The summed E-state index contributed by atoms with van der Waals surface area (Å²) in [6.07, 6.45) is 6.27. The molecule has 1 aromatic rings. The van der Waals surface area contributed by atoms with Crippen molar-refractivity contribution in [1.82, 2.24) is 0 Å². The zero-order chi connectivity index (χ0) is 13.0. The second-order valence-corrected chi connectivity index (χ2v) is 5.05. The van der Waals surface area contributed by atoms with Gasteiger partial charge in [0, 0.05) is 6.42 Å². The summed E-state index contributed by atoms with van der Waals surface area (Å²) in [7, 11) is 0. The Morgan fingerprint density at radius 2 is 2.00 bits per heavy atom. The first-order chi connectivity index (χ1) is 8.70. The Hall–Kier alpha value is -1.63. The maximum Gasteiger partial charge on any atom is 0.143 e.